The summed E-state index contributed by atoms with van der Waals surface area (Å²) in [5, 5.41) is 12.8. The Morgan fingerprint density at radius 1 is 1.10 bits per heavy atom. The van der Waals surface area contributed by atoms with Gasteiger partial charge < -0.3 is 4.74 Å². The summed E-state index contributed by atoms with van der Waals surface area (Å²) in [6.45, 7) is 2.54. The second kappa shape index (κ2) is 6.23. The molecular weight excluding hydrogens is 248 g/mol. The molecular formula is C17H18N2O. The van der Waals surface area contributed by atoms with Crippen molar-refractivity contribution in [1.29, 1.82) is 5.26 Å². The molecule has 0 aliphatic rings. The van der Waals surface area contributed by atoms with Gasteiger partial charge in [0.15, 0.2) is 0 Å². The zero-order chi connectivity index (χ0) is 14.4. The van der Waals surface area contributed by atoms with Crippen molar-refractivity contribution in [2.75, 3.05) is 7.11 Å². The summed E-state index contributed by atoms with van der Waals surface area (Å²) >= 11 is 0. The Bertz CT molecular complexity index is 587. The second-order valence-corrected chi connectivity index (χ2v) is 4.80. The minimum atomic E-state index is -0.720. The van der Waals surface area contributed by atoms with Gasteiger partial charge in [0.1, 0.15) is 11.3 Å². The Kier molecular flexibility index (Phi) is 4.39. The van der Waals surface area contributed by atoms with Crippen LogP contribution in [0.1, 0.15) is 18.1 Å². The highest BCUT2D eigenvalue weighted by Crippen LogP contribution is 2.23. The Labute approximate surface area is 119 Å². The average Bonchev–Trinajstić information content (AvgIpc) is 2.53. The fourth-order valence-corrected chi connectivity index (χ4v) is 2.01. The lowest BCUT2D eigenvalue weighted by Crippen LogP contribution is -2.37. The number of nitrogens with zero attached hydrogens (tertiary/aromatic N) is 1. The summed E-state index contributed by atoms with van der Waals surface area (Å²) in [6, 6.07) is 20.0. The van der Waals surface area contributed by atoms with Crippen LogP contribution in [0.2, 0.25) is 0 Å². The van der Waals surface area contributed by atoms with E-state index in [1.165, 1.54) is 0 Å². The number of hydrogen-bond acceptors (Lipinski definition) is 3. The molecule has 2 aromatic rings. The number of nitrogens with one attached hydrogen (secondary N) is 1. The van der Waals surface area contributed by atoms with Crippen LogP contribution in [0.25, 0.3) is 0 Å². The molecule has 3 nitrogen and oxygen atoms in total. The van der Waals surface area contributed by atoms with Gasteiger partial charge in [-0.05, 0) is 30.2 Å². The number of ether oxygens (including phenoxy) is 1. The lowest BCUT2D eigenvalue weighted by molar-refractivity contribution is 0.413. The van der Waals surface area contributed by atoms with Crippen molar-refractivity contribution in [1.82, 2.24) is 5.32 Å². The predicted molar refractivity (Wildman–Crippen MR) is 79.2 cm³/mol. The van der Waals surface area contributed by atoms with Crippen LogP contribution in [-0.4, -0.2) is 7.11 Å². The molecule has 0 saturated heterocycles. The van der Waals surface area contributed by atoms with E-state index in [9.17, 15) is 5.26 Å². The Balaban J connectivity index is 2.14. The smallest absolute Gasteiger partial charge is 0.129 e. The van der Waals surface area contributed by atoms with Crippen LogP contribution in [0.5, 0.6) is 5.75 Å². The third kappa shape index (κ3) is 3.17. The van der Waals surface area contributed by atoms with E-state index in [-0.39, 0.29) is 0 Å². The van der Waals surface area contributed by atoms with Crippen LogP contribution in [0.15, 0.2) is 54.6 Å². The molecule has 20 heavy (non-hydrogen) atoms. The van der Waals surface area contributed by atoms with Crippen LogP contribution in [0.4, 0.5) is 0 Å². The molecule has 0 heterocycles. The molecule has 0 aliphatic heterocycles. The molecule has 0 amide bonds. The van der Waals surface area contributed by atoms with Crippen molar-refractivity contribution >= 4 is 0 Å². The molecule has 3 heteroatoms. The Morgan fingerprint density at radius 3 is 2.30 bits per heavy atom. The summed E-state index contributed by atoms with van der Waals surface area (Å²) in [6.07, 6.45) is 0. The van der Waals surface area contributed by atoms with Gasteiger partial charge in [0.25, 0.3) is 0 Å². The van der Waals surface area contributed by atoms with Crippen molar-refractivity contribution < 1.29 is 4.74 Å². The highest BCUT2D eigenvalue weighted by molar-refractivity contribution is 5.35. The normalized spacial score (nSPS) is 13.2. The summed E-state index contributed by atoms with van der Waals surface area (Å²) in [7, 11) is 1.63. The van der Waals surface area contributed by atoms with E-state index in [2.05, 4.69) is 11.4 Å². The van der Waals surface area contributed by atoms with Crippen LogP contribution in [-0.2, 0) is 12.1 Å². The minimum Gasteiger partial charge on any atom is -0.497 e. The molecule has 2 rings (SSSR count). The number of nitriles is 1. The number of hydrogen-bond donors (Lipinski definition) is 1. The van der Waals surface area contributed by atoms with E-state index in [0.717, 1.165) is 16.9 Å². The maximum Gasteiger partial charge on any atom is 0.129 e. The summed E-state index contributed by atoms with van der Waals surface area (Å²) in [5.74, 6) is 0.789. The van der Waals surface area contributed by atoms with Crippen molar-refractivity contribution in [2.45, 2.75) is 19.0 Å². The van der Waals surface area contributed by atoms with Crippen molar-refractivity contribution in [2.24, 2.45) is 0 Å². The van der Waals surface area contributed by atoms with Gasteiger partial charge in [-0.15, -0.1) is 0 Å². The fourth-order valence-electron chi connectivity index (χ4n) is 2.01. The molecule has 1 N–H and O–H groups in total. The van der Waals surface area contributed by atoms with Gasteiger partial charge in [-0.1, -0.05) is 42.5 Å². The molecule has 0 aromatic heterocycles. The summed E-state index contributed by atoms with van der Waals surface area (Å²) < 4.78 is 5.14. The average molecular weight is 266 g/mol. The van der Waals surface area contributed by atoms with E-state index in [4.69, 9.17) is 4.74 Å². The zero-order valence-corrected chi connectivity index (χ0v) is 11.8. The van der Waals surface area contributed by atoms with E-state index in [1.54, 1.807) is 7.11 Å². The highest BCUT2D eigenvalue weighted by Gasteiger charge is 2.25. The standard InChI is InChI=1S/C17H18N2O/c1-17(13-18,15-8-10-16(20-2)11-9-15)19-12-14-6-4-3-5-7-14/h3-11,19H,12H2,1-2H3/t17-/m0/s1. The molecule has 0 radical (unpaired) electrons. The largest absolute Gasteiger partial charge is 0.497 e. The first kappa shape index (κ1) is 14.1. The molecule has 0 saturated carbocycles. The van der Waals surface area contributed by atoms with E-state index in [1.807, 2.05) is 61.5 Å². The minimum absolute atomic E-state index is 0.650. The summed E-state index contributed by atoms with van der Waals surface area (Å²) in [4.78, 5) is 0. The van der Waals surface area contributed by atoms with Crippen LogP contribution in [0.3, 0.4) is 0 Å². The zero-order valence-electron chi connectivity index (χ0n) is 11.8. The molecule has 0 spiro atoms. The van der Waals surface area contributed by atoms with Gasteiger partial charge in [-0.25, -0.2) is 0 Å². The molecule has 102 valence electrons. The maximum atomic E-state index is 9.50. The van der Waals surface area contributed by atoms with Gasteiger partial charge in [0, 0.05) is 6.54 Å². The first-order chi connectivity index (χ1) is 9.68. The monoisotopic (exact) mass is 266 g/mol. The third-order valence-corrected chi connectivity index (χ3v) is 3.38. The van der Waals surface area contributed by atoms with Crippen LogP contribution in [0, 0.1) is 11.3 Å². The van der Waals surface area contributed by atoms with Crippen molar-refractivity contribution in [3.8, 4) is 11.8 Å². The van der Waals surface area contributed by atoms with Gasteiger partial charge in [0.2, 0.25) is 0 Å². The third-order valence-electron chi connectivity index (χ3n) is 3.38. The van der Waals surface area contributed by atoms with Crippen LogP contribution < -0.4 is 10.1 Å². The predicted octanol–water partition coefficient (Wildman–Crippen LogP) is 3.22. The van der Waals surface area contributed by atoms with Gasteiger partial charge in [-0.3, -0.25) is 5.32 Å². The molecule has 1 atom stereocenters. The van der Waals surface area contributed by atoms with Gasteiger partial charge in [0.05, 0.1) is 13.2 Å². The highest BCUT2D eigenvalue weighted by atomic mass is 16.5. The van der Waals surface area contributed by atoms with E-state index >= 15 is 0 Å². The Morgan fingerprint density at radius 2 is 1.75 bits per heavy atom. The van der Waals surface area contributed by atoms with Gasteiger partial charge >= 0.3 is 0 Å². The summed E-state index contributed by atoms with van der Waals surface area (Å²) in [5.41, 5.74) is 1.36. The topological polar surface area (TPSA) is 45.0 Å². The maximum absolute atomic E-state index is 9.50. The second-order valence-electron chi connectivity index (χ2n) is 4.80. The fraction of sp³-hybridized carbons (Fsp3) is 0.235. The first-order valence-electron chi connectivity index (χ1n) is 6.53. The number of methoxy groups -OCH3 is 1. The Hall–Kier alpha value is -2.31. The van der Waals surface area contributed by atoms with E-state index < -0.39 is 5.54 Å². The molecule has 0 aliphatic carbocycles. The molecule has 2 aromatic carbocycles. The number of benzene rings is 2. The number of rotatable bonds is 5. The molecule has 0 fully saturated rings. The SMILES string of the molecule is COc1ccc([C@](C)(C#N)NCc2ccccc2)cc1. The van der Waals surface area contributed by atoms with E-state index in [0.29, 0.717) is 6.54 Å². The lowest BCUT2D eigenvalue weighted by atomic mass is 9.93. The first-order valence-corrected chi connectivity index (χ1v) is 6.53. The van der Waals surface area contributed by atoms with Crippen LogP contribution >= 0.6 is 0 Å². The lowest BCUT2D eigenvalue weighted by Gasteiger charge is -2.24. The van der Waals surface area contributed by atoms with Gasteiger partial charge in [-0.2, -0.15) is 5.26 Å². The molecule has 0 unspecified atom stereocenters. The molecule has 0 bridgehead atoms. The van der Waals surface area contributed by atoms with Crippen molar-refractivity contribution in [3.63, 3.8) is 0 Å². The van der Waals surface area contributed by atoms with Crippen molar-refractivity contribution in [3.05, 3.63) is 65.7 Å². The quantitative estimate of drug-likeness (QED) is 0.903.